The Balaban J connectivity index is 2.02. The van der Waals surface area contributed by atoms with Gasteiger partial charge in [0.2, 0.25) is 0 Å². The zero-order valence-corrected chi connectivity index (χ0v) is 9.93. The largest absolute Gasteiger partial charge is 0.303 e. The summed E-state index contributed by atoms with van der Waals surface area (Å²) in [7, 11) is 2.15. The second-order valence-corrected chi connectivity index (χ2v) is 4.18. The zero-order chi connectivity index (χ0) is 11.4. The number of nitrogens with zero attached hydrogens (tertiary/aromatic N) is 4. The van der Waals surface area contributed by atoms with E-state index >= 15 is 0 Å². The minimum absolute atomic E-state index is 1.01. The quantitative estimate of drug-likeness (QED) is 0.695. The number of pyridine rings is 1. The SMILES string of the molecule is CC(=NN1CCN(C)CC1)c1ccncc1. The number of hydrogen-bond acceptors (Lipinski definition) is 4. The Labute approximate surface area is 96.6 Å². The fourth-order valence-electron chi connectivity index (χ4n) is 1.76. The predicted octanol–water partition coefficient (Wildman–Crippen LogP) is 1.05. The lowest BCUT2D eigenvalue weighted by atomic mass is 10.2. The molecule has 1 aliphatic heterocycles. The fourth-order valence-corrected chi connectivity index (χ4v) is 1.76. The Morgan fingerprint density at radius 3 is 2.44 bits per heavy atom. The van der Waals surface area contributed by atoms with Gasteiger partial charge in [-0.3, -0.25) is 9.99 Å². The van der Waals surface area contributed by atoms with Gasteiger partial charge in [-0.15, -0.1) is 0 Å². The maximum Gasteiger partial charge on any atom is 0.0647 e. The Hall–Kier alpha value is -1.42. The van der Waals surface area contributed by atoms with E-state index in [4.69, 9.17) is 0 Å². The maximum atomic E-state index is 4.64. The molecule has 86 valence electrons. The van der Waals surface area contributed by atoms with Crippen molar-refractivity contribution >= 4 is 5.71 Å². The second kappa shape index (κ2) is 5.07. The van der Waals surface area contributed by atoms with Crippen molar-refractivity contribution in [2.45, 2.75) is 6.92 Å². The normalized spacial score (nSPS) is 18.9. The van der Waals surface area contributed by atoms with Crippen LogP contribution in [0.25, 0.3) is 0 Å². The standard InChI is InChI=1S/C12H18N4/c1-11(12-3-5-13-6-4-12)14-16-9-7-15(2)8-10-16/h3-6H,7-10H2,1-2H3. The highest BCUT2D eigenvalue weighted by atomic mass is 15.5. The molecule has 0 amide bonds. The van der Waals surface area contributed by atoms with Gasteiger partial charge < -0.3 is 4.90 Å². The number of hydrazone groups is 1. The first kappa shape index (κ1) is 11.1. The van der Waals surface area contributed by atoms with E-state index in [9.17, 15) is 0 Å². The Kier molecular flexibility index (Phi) is 3.51. The summed E-state index contributed by atoms with van der Waals surface area (Å²) >= 11 is 0. The number of piperazine rings is 1. The molecule has 0 N–H and O–H groups in total. The van der Waals surface area contributed by atoms with Crippen molar-refractivity contribution in [1.82, 2.24) is 14.9 Å². The highest BCUT2D eigenvalue weighted by Crippen LogP contribution is 2.04. The highest BCUT2D eigenvalue weighted by molar-refractivity contribution is 5.98. The van der Waals surface area contributed by atoms with Gasteiger partial charge >= 0.3 is 0 Å². The van der Waals surface area contributed by atoms with Gasteiger partial charge in [0.05, 0.1) is 5.71 Å². The first-order valence-corrected chi connectivity index (χ1v) is 5.65. The summed E-state index contributed by atoms with van der Waals surface area (Å²) in [5, 5.41) is 6.78. The van der Waals surface area contributed by atoms with Crippen molar-refractivity contribution in [1.29, 1.82) is 0 Å². The number of aromatic nitrogens is 1. The Morgan fingerprint density at radius 2 is 1.81 bits per heavy atom. The van der Waals surface area contributed by atoms with E-state index < -0.39 is 0 Å². The van der Waals surface area contributed by atoms with Gasteiger partial charge in [-0.2, -0.15) is 5.10 Å². The summed E-state index contributed by atoms with van der Waals surface area (Å²) in [5.74, 6) is 0. The molecule has 0 atom stereocenters. The van der Waals surface area contributed by atoms with Crippen molar-refractivity contribution in [2.24, 2.45) is 5.10 Å². The van der Waals surface area contributed by atoms with Crippen LogP contribution in [0.1, 0.15) is 12.5 Å². The van der Waals surface area contributed by atoms with Crippen LogP contribution in [0.3, 0.4) is 0 Å². The van der Waals surface area contributed by atoms with Gasteiger partial charge in [0, 0.05) is 44.1 Å². The van der Waals surface area contributed by atoms with Gasteiger partial charge in [0.1, 0.15) is 0 Å². The van der Waals surface area contributed by atoms with Crippen LogP contribution < -0.4 is 0 Å². The molecular weight excluding hydrogens is 200 g/mol. The summed E-state index contributed by atoms with van der Waals surface area (Å²) in [6.07, 6.45) is 3.61. The van der Waals surface area contributed by atoms with Gasteiger partial charge in [-0.1, -0.05) is 0 Å². The van der Waals surface area contributed by atoms with Crippen LogP contribution in [0.4, 0.5) is 0 Å². The van der Waals surface area contributed by atoms with Gasteiger partial charge in [0.25, 0.3) is 0 Å². The van der Waals surface area contributed by atoms with Gasteiger partial charge in [0.15, 0.2) is 0 Å². The van der Waals surface area contributed by atoms with E-state index in [1.807, 2.05) is 19.1 Å². The van der Waals surface area contributed by atoms with Crippen LogP contribution in [0.15, 0.2) is 29.6 Å². The molecule has 0 unspecified atom stereocenters. The van der Waals surface area contributed by atoms with Gasteiger partial charge in [-0.05, 0) is 26.1 Å². The van der Waals surface area contributed by atoms with E-state index in [1.165, 1.54) is 0 Å². The Bertz CT molecular complexity index is 353. The molecule has 2 rings (SSSR count). The highest BCUT2D eigenvalue weighted by Gasteiger charge is 2.11. The molecule has 4 heteroatoms. The summed E-state index contributed by atoms with van der Waals surface area (Å²) in [5.41, 5.74) is 2.21. The van der Waals surface area contributed by atoms with Crippen LogP contribution >= 0.6 is 0 Å². The summed E-state index contributed by atoms with van der Waals surface area (Å²) in [6.45, 7) is 6.26. The lowest BCUT2D eigenvalue weighted by Gasteiger charge is -2.30. The molecule has 16 heavy (non-hydrogen) atoms. The first-order valence-electron chi connectivity index (χ1n) is 5.65. The molecule has 1 aromatic rings. The van der Waals surface area contributed by atoms with Crippen molar-refractivity contribution in [3.05, 3.63) is 30.1 Å². The second-order valence-electron chi connectivity index (χ2n) is 4.18. The van der Waals surface area contributed by atoms with Crippen LogP contribution in [-0.2, 0) is 0 Å². The monoisotopic (exact) mass is 218 g/mol. The average Bonchev–Trinajstić information content (AvgIpc) is 2.33. The third-order valence-corrected chi connectivity index (χ3v) is 2.87. The lowest BCUT2D eigenvalue weighted by molar-refractivity contribution is 0.159. The number of hydrogen-bond donors (Lipinski definition) is 0. The molecule has 0 spiro atoms. The summed E-state index contributed by atoms with van der Waals surface area (Å²) in [6, 6.07) is 3.99. The lowest BCUT2D eigenvalue weighted by Crippen LogP contribution is -2.42. The third kappa shape index (κ3) is 2.79. The van der Waals surface area contributed by atoms with Crippen LogP contribution in [-0.4, -0.2) is 53.8 Å². The van der Waals surface area contributed by atoms with Crippen molar-refractivity contribution < 1.29 is 0 Å². The molecule has 1 fully saturated rings. The first-order chi connectivity index (χ1) is 7.75. The van der Waals surface area contributed by atoms with Crippen molar-refractivity contribution in [2.75, 3.05) is 33.2 Å². The molecule has 1 aliphatic rings. The van der Waals surface area contributed by atoms with Crippen LogP contribution in [0.5, 0.6) is 0 Å². The van der Waals surface area contributed by atoms with Crippen molar-refractivity contribution in [3.8, 4) is 0 Å². The molecule has 2 heterocycles. The number of rotatable bonds is 2. The van der Waals surface area contributed by atoms with E-state index in [2.05, 4.69) is 27.0 Å². The number of likely N-dealkylation sites (N-methyl/N-ethyl adjacent to an activating group) is 1. The molecule has 1 saturated heterocycles. The third-order valence-electron chi connectivity index (χ3n) is 2.87. The molecule has 0 saturated carbocycles. The minimum atomic E-state index is 1.01. The molecule has 0 bridgehead atoms. The Morgan fingerprint density at radius 1 is 1.19 bits per heavy atom. The maximum absolute atomic E-state index is 4.64. The summed E-state index contributed by atoms with van der Waals surface area (Å²) < 4.78 is 0. The van der Waals surface area contributed by atoms with Crippen LogP contribution in [0, 0.1) is 0 Å². The van der Waals surface area contributed by atoms with Gasteiger partial charge in [-0.25, -0.2) is 0 Å². The van der Waals surface area contributed by atoms with Crippen LogP contribution in [0.2, 0.25) is 0 Å². The van der Waals surface area contributed by atoms with E-state index in [-0.39, 0.29) is 0 Å². The predicted molar refractivity (Wildman–Crippen MR) is 65.5 cm³/mol. The zero-order valence-electron chi connectivity index (χ0n) is 9.93. The van der Waals surface area contributed by atoms with E-state index in [1.54, 1.807) is 12.4 Å². The average molecular weight is 218 g/mol. The summed E-state index contributed by atoms with van der Waals surface area (Å²) in [4.78, 5) is 6.34. The molecular formula is C12H18N4. The molecule has 4 nitrogen and oxygen atoms in total. The minimum Gasteiger partial charge on any atom is -0.303 e. The molecule has 0 aliphatic carbocycles. The van der Waals surface area contributed by atoms with Crippen molar-refractivity contribution in [3.63, 3.8) is 0 Å². The van der Waals surface area contributed by atoms with E-state index in [0.29, 0.717) is 0 Å². The topological polar surface area (TPSA) is 31.7 Å². The molecule has 1 aromatic heterocycles. The molecule has 0 aromatic carbocycles. The van der Waals surface area contributed by atoms with E-state index in [0.717, 1.165) is 37.5 Å². The fraction of sp³-hybridized carbons (Fsp3) is 0.500. The smallest absolute Gasteiger partial charge is 0.0647 e. The molecule has 0 radical (unpaired) electrons.